The second-order valence-corrected chi connectivity index (χ2v) is 5.59. The number of rotatable bonds is 8. The van der Waals surface area contributed by atoms with Crippen LogP contribution in [-0.4, -0.2) is 49.9 Å². The van der Waals surface area contributed by atoms with Gasteiger partial charge in [0.2, 0.25) is 0 Å². The summed E-state index contributed by atoms with van der Waals surface area (Å²) < 4.78 is 19.3. The molecule has 0 spiro atoms. The number of hydrogen-bond donors (Lipinski definition) is 0. The number of hydrogen-bond acceptors (Lipinski definition) is 5. The zero-order chi connectivity index (χ0) is 16.7. The van der Waals surface area contributed by atoms with Crippen molar-refractivity contribution < 1.29 is 18.7 Å². The number of nitrogens with zero attached hydrogens (tertiary/aromatic N) is 2. The van der Waals surface area contributed by atoms with E-state index < -0.39 is 5.82 Å². The van der Waals surface area contributed by atoms with E-state index in [0.717, 1.165) is 31.7 Å². The molecule has 1 aromatic carbocycles. The van der Waals surface area contributed by atoms with Crippen molar-refractivity contribution in [3.63, 3.8) is 0 Å². The first-order chi connectivity index (χ1) is 11.2. The first-order valence-corrected chi connectivity index (χ1v) is 7.75. The zero-order valence-electron chi connectivity index (χ0n) is 13.2. The highest BCUT2D eigenvalue weighted by Gasteiger charge is 2.19. The van der Waals surface area contributed by atoms with Crippen LogP contribution >= 0.6 is 0 Å². The Hall–Kier alpha value is -2.08. The first kappa shape index (κ1) is 17.3. The number of ether oxygens (including phenoxy) is 1. The van der Waals surface area contributed by atoms with Gasteiger partial charge in [-0.25, -0.2) is 4.39 Å². The number of carbonyl (C=O) groups is 2. The molecule has 0 bridgehead atoms. The summed E-state index contributed by atoms with van der Waals surface area (Å²) >= 11 is 0. The Morgan fingerprint density at radius 1 is 1.43 bits per heavy atom. The lowest BCUT2D eigenvalue weighted by atomic mass is 10.1. The van der Waals surface area contributed by atoms with Crippen molar-refractivity contribution in [3.8, 4) is 5.75 Å². The first-order valence-electron chi connectivity index (χ1n) is 7.75. The number of carbonyl (C=O) groups excluding carboxylic acids is 2. The summed E-state index contributed by atoms with van der Waals surface area (Å²) in [6.45, 7) is 1.26. The normalized spacial score (nSPS) is 18.4. The van der Waals surface area contributed by atoms with E-state index in [2.05, 4.69) is 9.89 Å². The lowest BCUT2D eigenvalue weighted by molar-refractivity contribution is -0.108. The second kappa shape index (κ2) is 8.53. The van der Waals surface area contributed by atoms with Gasteiger partial charge in [0.05, 0.1) is 12.3 Å². The van der Waals surface area contributed by atoms with Crippen LogP contribution in [0.25, 0.3) is 0 Å². The summed E-state index contributed by atoms with van der Waals surface area (Å²) in [5.41, 5.74) is 0.590. The summed E-state index contributed by atoms with van der Waals surface area (Å²) in [5, 5.41) is 0. The van der Waals surface area contributed by atoms with Gasteiger partial charge in [-0.2, -0.15) is 0 Å². The summed E-state index contributed by atoms with van der Waals surface area (Å²) in [6, 6.07) is 2.80. The van der Waals surface area contributed by atoms with E-state index in [1.165, 1.54) is 6.07 Å². The highest BCUT2D eigenvalue weighted by atomic mass is 19.1. The second-order valence-electron chi connectivity index (χ2n) is 5.59. The van der Waals surface area contributed by atoms with Gasteiger partial charge in [0.15, 0.2) is 17.9 Å². The number of benzene rings is 1. The molecule has 0 aliphatic carbocycles. The van der Waals surface area contributed by atoms with Crippen molar-refractivity contribution in [2.75, 3.05) is 20.2 Å². The van der Waals surface area contributed by atoms with Gasteiger partial charge in [-0.3, -0.25) is 14.7 Å². The van der Waals surface area contributed by atoms with Crippen molar-refractivity contribution in [1.82, 2.24) is 4.90 Å². The summed E-state index contributed by atoms with van der Waals surface area (Å²) in [4.78, 5) is 27.9. The van der Waals surface area contributed by atoms with E-state index in [9.17, 15) is 14.0 Å². The SMILES string of the molecule is CN1CCCC1C=Nc1cc(OCCCC=O)c(F)cc1C=O. The van der Waals surface area contributed by atoms with Crippen molar-refractivity contribution >= 4 is 24.5 Å². The van der Waals surface area contributed by atoms with Gasteiger partial charge >= 0.3 is 0 Å². The maximum absolute atomic E-state index is 13.9. The van der Waals surface area contributed by atoms with Crippen molar-refractivity contribution in [1.29, 1.82) is 0 Å². The topological polar surface area (TPSA) is 59.0 Å². The smallest absolute Gasteiger partial charge is 0.165 e. The van der Waals surface area contributed by atoms with Gasteiger partial charge in [0.1, 0.15) is 6.29 Å². The molecule has 1 aromatic rings. The van der Waals surface area contributed by atoms with E-state index in [4.69, 9.17) is 4.74 Å². The fraction of sp³-hybridized carbons (Fsp3) is 0.471. The molecule has 0 saturated carbocycles. The maximum atomic E-state index is 13.9. The molecule has 124 valence electrons. The van der Waals surface area contributed by atoms with Gasteiger partial charge in [-0.05, 0) is 38.9 Å². The fourth-order valence-electron chi connectivity index (χ4n) is 2.51. The molecule has 2 rings (SSSR count). The predicted molar refractivity (Wildman–Crippen MR) is 86.4 cm³/mol. The number of aliphatic imine (C=N–C) groups is 1. The van der Waals surface area contributed by atoms with Crippen LogP contribution in [0.5, 0.6) is 5.75 Å². The monoisotopic (exact) mass is 320 g/mol. The lowest BCUT2D eigenvalue weighted by Gasteiger charge is -2.14. The number of halogens is 1. The minimum Gasteiger partial charge on any atom is -0.490 e. The van der Waals surface area contributed by atoms with Gasteiger partial charge in [-0.15, -0.1) is 0 Å². The third-order valence-electron chi connectivity index (χ3n) is 3.89. The Bertz CT molecular complexity index is 589. The molecule has 0 N–H and O–H groups in total. The third-order valence-corrected chi connectivity index (χ3v) is 3.89. The van der Waals surface area contributed by atoms with E-state index in [-0.39, 0.29) is 24.0 Å². The molecule has 1 saturated heterocycles. The maximum Gasteiger partial charge on any atom is 0.165 e. The summed E-state index contributed by atoms with van der Waals surface area (Å²) in [6.07, 6.45) is 6.20. The molecule has 0 amide bonds. The molecule has 1 aliphatic heterocycles. The van der Waals surface area contributed by atoms with E-state index in [1.54, 1.807) is 6.21 Å². The molecule has 1 aliphatic rings. The third kappa shape index (κ3) is 4.69. The van der Waals surface area contributed by atoms with Crippen LogP contribution in [-0.2, 0) is 4.79 Å². The minimum absolute atomic E-state index is 0.0495. The number of aldehydes is 2. The lowest BCUT2D eigenvalue weighted by Crippen LogP contribution is -2.25. The molecule has 23 heavy (non-hydrogen) atoms. The molecule has 6 heteroatoms. The summed E-state index contributed by atoms with van der Waals surface area (Å²) in [7, 11) is 2.02. The molecule has 0 aromatic heterocycles. The molecule has 1 atom stereocenters. The van der Waals surface area contributed by atoms with E-state index in [0.29, 0.717) is 24.8 Å². The van der Waals surface area contributed by atoms with Crippen LogP contribution in [0.1, 0.15) is 36.0 Å². The van der Waals surface area contributed by atoms with Crippen LogP contribution in [0.15, 0.2) is 17.1 Å². The average Bonchev–Trinajstić information content (AvgIpc) is 2.96. The van der Waals surface area contributed by atoms with Crippen LogP contribution < -0.4 is 4.74 Å². The van der Waals surface area contributed by atoms with Crippen molar-refractivity contribution in [3.05, 3.63) is 23.5 Å². The Morgan fingerprint density at radius 2 is 2.26 bits per heavy atom. The zero-order valence-corrected chi connectivity index (χ0v) is 13.2. The van der Waals surface area contributed by atoms with Gasteiger partial charge in [0.25, 0.3) is 0 Å². The molecular formula is C17H21FN2O3. The molecule has 0 radical (unpaired) electrons. The van der Waals surface area contributed by atoms with Crippen molar-refractivity contribution in [2.45, 2.75) is 31.7 Å². The fourth-order valence-corrected chi connectivity index (χ4v) is 2.51. The highest BCUT2D eigenvalue weighted by Crippen LogP contribution is 2.28. The van der Waals surface area contributed by atoms with Gasteiger partial charge in [0, 0.05) is 30.3 Å². The average molecular weight is 320 g/mol. The van der Waals surface area contributed by atoms with Crippen LogP contribution in [0.4, 0.5) is 10.1 Å². The molecule has 1 heterocycles. The largest absolute Gasteiger partial charge is 0.490 e. The quantitative estimate of drug-likeness (QED) is 0.420. The Kier molecular flexibility index (Phi) is 6.40. The Labute approximate surface area is 135 Å². The van der Waals surface area contributed by atoms with Crippen LogP contribution in [0, 0.1) is 5.82 Å². The molecular weight excluding hydrogens is 299 g/mol. The standard InChI is InChI=1S/C17H21FN2O3/c1-20-6-4-5-14(20)11-19-16-10-17(23-8-3-2-7-21)15(18)9-13(16)12-22/h7,9-12,14H,2-6,8H2,1H3. The minimum atomic E-state index is -0.602. The number of unbranched alkanes of at least 4 members (excludes halogenated alkanes) is 1. The number of likely N-dealkylation sites (tertiary alicyclic amines) is 1. The van der Waals surface area contributed by atoms with Gasteiger partial charge in [-0.1, -0.05) is 0 Å². The Morgan fingerprint density at radius 3 is 2.91 bits per heavy atom. The van der Waals surface area contributed by atoms with Crippen molar-refractivity contribution in [2.24, 2.45) is 4.99 Å². The van der Waals surface area contributed by atoms with Crippen LogP contribution in [0.2, 0.25) is 0 Å². The molecule has 5 nitrogen and oxygen atoms in total. The highest BCUT2D eigenvalue weighted by molar-refractivity contribution is 5.85. The Balaban J connectivity index is 2.14. The summed E-state index contributed by atoms with van der Waals surface area (Å²) in [5.74, 6) is -0.552. The van der Waals surface area contributed by atoms with Gasteiger partial charge < -0.3 is 9.53 Å². The van der Waals surface area contributed by atoms with E-state index in [1.807, 2.05) is 7.05 Å². The van der Waals surface area contributed by atoms with Crippen LogP contribution in [0.3, 0.4) is 0 Å². The predicted octanol–water partition coefficient (Wildman–Crippen LogP) is 2.79. The molecule has 1 unspecified atom stereocenters. The molecule has 1 fully saturated rings. The van der Waals surface area contributed by atoms with E-state index >= 15 is 0 Å².